The van der Waals surface area contributed by atoms with Crippen molar-refractivity contribution < 1.29 is 14.3 Å². The SMILES string of the molecule is COC(=O)C(CNC(=O)Nc1ncc(-c2ccccc2)s1)CC(C)C. The van der Waals surface area contributed by atoms with Crippen LogP contribution in [0.2, 0.25) is 0 Å². The number of methoxy groups -OCH3 is 1. The number of anilines is 1. The monoisotopic (exact) mass is 361 g/mol. The molecule has 1 aromatic carbocycles. The first-order valence-electron chi connectivity index (χ1n) is 8.13. The summed E-state index contributed by atoms with van der Waals surface area (Å²) in [6.45, 7) is 4.28. The molecule has 1 aromatic heterocycles. The van der Waals surface area contributed by atoms with Crippen LogP contribution in [-0.2, 0) is 9.53 Å². The van der Waals surface area contributed by atoms with Crippen LogP contribution in [-0.4, -0.2) is 30.6 Å². The van der Waals surface area contributed by atoms with Gasteiger partial charge < -0.3 is 10.1 Å². The van der Waals surface area contributed by atoms with Gasteiger partial charge in [0, 0.05) is 12.7 Å². The number of ether oxygens (including phenoxy) is 1. The smallest absolute Gasteiger partial charge is 0.321 e. The first-order valence-corrected chi connectivity index (χ1v) is 8.95. The average Bonchev–Trinajstić information content (AvgIpc) is 3.06. The molecule has 25 heavy (non-hydrogen) atoms. The van der Waals surface area contributed by atoms with Crippen molar-refractivity contribution >= 4 is 28.5 Å². The van der Waals surface area contributed by atoms with E-state index in [1.807, 2.05) is 44.2 Å². The number of carbonyl (C=O) groups is 2. The van der Waals surface area contributed by atoms with Gasteiger partial charge in [0.25, 0.3) is 0 Å². The van der Waals surface area contributed by atoms with Gasteiger partial charge in [-0.2, -0.15) is 0 Å². The van der Waals surface area contributed by atoms with Crippen molar-refractivity contribution in [3.63, 3.8) is 0 Å². The Hall–Kier alpha value is -2.41. The Morgan fingerprint density at radius 3 is 2.60 bits per heavy atom. The lowest BCUT2D eigenvalue weighted by atomic mass is 9.97. The molecule has 0 fully saturated rings. The summed E-state index contributed by atoms with van der Waals surface area (Å²) in [6, 6.07) is 9.46. The molecule has 1 heterocycles. The Bertz CT molecular complexity index is 701. The minimum atomic E-state index is -0.383. The summed E-state index contributed by atoms with van der Waals surface area (Å²) in [6.07, 6.45) is 2.38. The first-order chi connectivity index (χ1) is 12.0. The van der Waals surface area contributed by atoms with Gasteiger partial charge in [-0.05, 0) is 17.9 Å². The largest absolute Gasteiger partial charge is 0.469 e. The molecule has 6 nitrogen and oxygen atoms in total. The van der Waals surface area contributed by atoms with Crippen LogP contribution in [0, 0.1) is 11.8 Å². The third kappa shape index (κ3) is 5.86. The third-order valence-electron chi connectivity index (χ3n) is 3.58. The van der Waals surface area contributed by atoms with Gasteiger partial charge in [-0.3, -0.25) is 10.1 Å². The van der Waals surface area contributed by atoms with E-state index in [1.165, 1.54) is 18.4 Å². The van der Waals surface area contributed by atoms with Gasteiger partial charge in [0.2, 0.25) is 0 Å². The number of rotatable bonds is 7. The van der Waals surface area contributed by atoms with E-state index in [2.05, 4.69) is 15.6 Å². The summed E-state index contributed by atoms with van der Waals surface area (Å²) in [7, 11) is 1.36. The van der Waals surface area contributed by atoms with E-state index < -0.39 is 0 Å². The second kappa shape index (κ2) is 9.17. The van der Waals surface area contributed by atoms with Gasteiger partial charge in [0.15, 0.2) is 5.13 Å². The molecular formula is C18H23N3O3S. The quantitative estimate of drug-likeness (QED) is 0.736. The van der Waals surface area contributed by atoms with Gasteiger partial charge in [-0.1, -0.05) is 55.5 Å². The molecule has 0 aliphatic carbocycles. The molecule has 0 saturated heterocycles. The van der Waals surface area contributed by atoms with Crippen LogP contribution >= 0.6 is 11.3 Å². The highest BCUT2D eigenvalue weighted by Crippen LogP contribution is 2.28. The van der Waals surface area contributed by atoms with Gasteiger partial charge in [-0.25, -0.2) is 9.78 Å². The number of carbonyl (C=O) groups excluding carboxylic acids is 2. The molecule has 0 radical (unpaired) electrons. The molecule has 2 aromatic rings. The van der Waals surface area contributed by atoms with Crippen molar-refractivity contribution in [3.05, 3.63) is 36.5 Å². The third-order valence-corrected chi connectivity index (χ3v) is 4.55. The number of aromatic nitrogens is 1. The predicted molar refractivity (Wildman–Crippen MR) is 99.5 cm³/mol. The van der Waals surface area contributed by atoms with Crippen LogP contribution in [0.3, 0.4) is 0 Å². The summed E-state index contributed by atoms with van der Waals surface area (Å²) >= 11 is 1.40. The summed E-state index contributed by atoms with van der Waals surface area (Å²) in [4.78, 5) is 29.0. The predicted octanol–water partition coefficient (Wildman–Crippen LogP) is 3.77. The zero-order valence-electron chi connectivity index (χ0n) is 14.6. The van der Waals surface area contributed by atoms with Crippen molar-refractivity contribution in [2.45, 2.75) is 20.3 Å². The highest BCUT2D eigenvalue weighted by atomic mass is 32.1. The zero-order chi connectivity index (χ0) is 18.2. The highest BCUT2D eigenvalue weighted by molar-refractivity contribution is 7.19. The molecular weight excluding hydrogens is 338 g/mol. The normalized spacial score (nSPS) is 11.8. The zero-order valence-corrected chi connectivity index (χ0v) is 15.4. The second-order valence-corrected chi connectivity index (χ2v) is 7.11. The van der Waals surface area contributed by atoms with Crippen LogP contribution in [0.25, 0.3) is 10.4 Å². The Kier molecular flexibility index (Phi) is 6.94. The molecule has 0 saturated carbocycles. The molecule has 1 atom stereocenters. The standard InChI is InChI=1S/C18H23N3O3S/c1-12(2)9-14(16(22)24-3)10-19-17(23)21-18-20-11-15(25-18)13-7-5-4-6-8-13/h4-8,11-12,14H,9-10H2,1-3H3,(H2,19,20,21,23). The molecule has 0 aliphatic rings. The first kappa shape index (κ1) is 18.9. The molecule has 134 valence electrons. The lowest BCUT2D eigenvalue weighted by molar-refractivity contribution is -0.145. The van der Waals surface area contributed by atoms with Crippen molar-refractivity contribution in [1.82, 2.24) is 10.3 Å². The topological polar surface area (TPSA) is 80.3 Å². The molecule has 1 unspecified atom stereocenters. The van der Waals surface area contributed by atoms with E-state index in [4.69, 9.17) is 4.74 Å². The Morgan fingerprint density at radius 2 is 1.96 bits per heavy atom. The number of thiazole rings is 1. The molecule has 2 N–H and O–H groups in total. The van der Waals surface area contributed by atoms with Crippen LogP contribution in [0.15, 0.2) is 36.5 Å². The number of urea groups is 1. The second-order valence-electron chi connectivity index (χ2n) is 6.08. The molecule has 0 aliphatic heterocycles. The Balaban J connectivity index is 1.89. The molecule has 7 heteroatoms. The lowest BCUT2D eigenvalue weighted by Crippen LogP contribution is -2.36. The summed E-state index contributed by atoms with van der Waals surface area (Å²) in [5, 5.41) is 5.93. The fourth-order valence-corrected chi connectivity index (χ4v) is 3.24. The van der Waals surface area contributed by atoms with Gasteiger partial charge in [-0.15, -0.1) is 0 Å². The minimum absolute atomic E-state index is 0.230. The number of benzene rings is 1. The van der Waals surface area contributed by atoms with E-state index in [-0.39, 0.29) is 24.5 Å². The molecule has 2 rings (SSSR count). The minimum Gasteiger partial charge on any atom is -0.469 e. The molecule has 0 spiro atoms. The summed E-state index contributed by atoms with van der Waals surface area (Å²) in [5.74, 6) is -0.331. The molecule has 2 amide bonds. The van der Waals surface area contributed by atoms with Crippen LogP contribution in [0.4, 0.5) is 9.93 Å². The van der Waals surface area contributed by atoms with Gasteiger partial charge in [0.1, 0.15) is 0 Å². The maximum Gasteiger partial charge on any atom is 0.321 e. The Labute approximate surface area is 151 Å². The van der Waals surface area contributed by atoms with Gasteiger partial charge in [0.05, 0.1) is 17.9 Å². The van der Waals surface area contributed by atoms with E-state index in [0.29, 0.717) is 17.5 Å². The lowest BCUT2D eigenvalue weighted by Gasteiger charge is -2.17. The summed E-state index contributed by atoms with van der Waals surface area (Å²) < 4.78 is 4.80. The summed E-state index contributed by atoms with van der Waals surface area (Å²) in [5.41, 5.74) is 1.05. The maximum absolute atomic E-state index is 12.1. The van der Waals surface area contributed by atoms with Crippen molar-refractivity contribution in [2.24, 2.45) is 11.8 Å². The van der Waals surface area contributed by atoms with E-state index in [1.54, 1.807) is 6.20 Å². The number of esters is 1. The number of hydrogen-bond acceptors (Lipinski definition) is 5. The number of amides is 2. The number of nitrogens with zero attached hydrogens (tertiary/aromatic N) is 1. The van der Waals surface area contributed by atoms with E-state index >= 15 is 0 Å². The Morgan fingerprint density at radius 1 is 1.24 bits per heavy atom. The average molecular weight is 361 g/mol. The fourth-order valence-electron chi connectivity index (χ4n) is 2.42. The number of hydrogen-bond donors (Lipinski definition) is 2. The van der Waals surface area contributed by atoms with Crippen LogP contribution in [0.1, 0.15) is 20.3 Å². The number of nitrogens with one attached hydrogen (secondary N) is 2. The van der Waals surface area contributed by atoms with Crippen molar-refractivity contribution in [2.75, 3.05) is 19.0 Å². The fraction of sp³-hybridized carbons (Fsp3) is 0.389. The molecule has 0 bridgehead atoms. The van der Waals surface area contributed by atoms with Crippen molar-refractivity contribution in [3.8, 4) is 10.4 Å². The van der Waals surface area contributed by atoms with Crippen molar-refractivity contribution in [1.29, 1.82) is 0 Å². The van der Waals surface area contributed by atoms with Crippen LogP contribution in [0.5, 0.6) is 0 Å². The highest BCUT2D eigenvalue weighted by Gasteiger charge is 2.21. The van der Waals surface area contributed by atoms with Gasteiger partial charge >= 0.3 is 12.0 Å². The van der Waals surface area contributed by atoms with E-state index in [0.717, 1.165) is 10.4 Å². The maximum atomic E-state index is 12.1. The van der Waals surface area contributed by atoms with E-state index in [9.17, 15) is 9.59 Å². The van der Waals surface area contributed by atoms with Crippen LogP contribution < -0.4 is 10.6 Å².